The minimum atomic E-state index is -4.63. The molecule has 0 bridgehead atoms. The van der Waals surface area contributed by atoms with Gasteiger partial charge in [0, 0.05) is 0 Å². The quantitative estimate of drug-likeness (QED) is 0.532. The molecule has 1 aliphatic carbocycles. The first-order valence-corrected chi connectivity index (χ1v) is 7.06. The van der Waals surface area contributed by atoms with Crippen molar-refractivity contribution in [3.63, 3.8) is 0 Å². The van der Waals surface area contributed by atoms with Gasteiger partial charge in [-0.3, -0.25) is 0 Å². The molecule has 1 aliphatic rings. The van der Waals surface area contributed by atoms with E-state index in [0.717, 1.165) is 5.56 Å². The number of rotatable bonds is 2. The van der Waals surface area contributed by atoms with E-state index < -0.39 is 15.1 Å². The largest absolute Gasteiger partial charge is 1.00 e. The van der Waals surface area contributed by atoms with Crippen LogP contribution in [0.1, 0.15) is 37.2 Å². The van der Waals surface area contributed by atoms with Gasteiger partial charge in [-0.15, -0.1) is 0 Å². The Labute approximate surface area is 129 Å². The van der Waals surface area contributed by atoms with Gasteiger partial charge in [0.25, 0.3) is 0 Å². The van der Waals surface area contributed by atoms with E-state index in [9.17, 15) is 18.1 Å². The minimum absolute atomic E-state index is 0. The van der Waals surface area contributed by atoms with Crippen LogP contribution in [0.5, 0.6) is 0 Å². The Bertz CT molecular complexity index is 478. The Morgan fingerprint density at radius 3 is 2.11 bits per heavy atom. The van der Waals surface area contributed by atoms with Crippen molar-refractivity contribution in [2.24, 2.45) is 0 Å². The summed E-state index contributed by atoms with van der Waals surface area (Å²) in [4.78, 5) is -2.06. The Kier molecular flexibility index (Phi) is 5.41. The van der Waals surface area contributed by atoms with Crippen LogP contribution in [0.3, 0.4) is 0 Å². The summed E-state index contributed by atoms with van der Waals surface area (Å²) in [5.74, 6) is 0.234. The van der Waals surface area contributed by atoms with E-state index in [1.165, 1.54) is 0 Å². The Morgan fingerprint density at radius 1 is 1.17 bits per heavy atom. The number of benzene rings is 1. The fourth-order valence-electron chi connectivity index (χ4n) is 2.38. The minimum Gasteiger partial charge on any atom is -0.746 e. The van der Waals surface area contributed by atoms with Gasteiger partial charge in [-0.1, -0.05) is 30.3 Å². The summed E-state index contributed by atoms with van der Waals surface area (Å²) in [6.07, 6.45) is 1.11. The fraction of sp³-hybridized carbons (Fsp3) is 0.500. The molecule has 1 fully saturated rings. The van der Waals surface area contributed by atoms with Gasteiger partial charge in [0.2, 0.25) is 0 Å². The number of hydrogen-bond acceptors (Lipinski definition) is 4. The molecule has 1 N–H and O–H groups in total. The van der Waals surface area contributed by atoms with Gasteiger partial charge < -0.3 is 9.66 Å². The van der Waals surface area contributed by atoms with Crippen LogP contribution < -0.4 is 29.6 Å². The predicted molar refractivity (Wildman–Crippen MR) is 62.3 cm³/mol. The molecular weight excluding hydrogens is 263 g/mol. The molecule has 0 unspecified atom stereocenters. The first kappa shape index (κ1) is 16.1. The third-order valence-electron chi connectivity index (χ3n) is 3.50. The molecular formula is C12H15NaO4S. The van der Waals surface area contributed by atoms with E-state index in [1.807, 2.05) is 30.3 Å². The van der Waals surface area contributed by atoms with Crippen molar-refractivity contribution in [1.82, 2.24) is 0 Å². The monoisotopic (exact) mass is 278 g/mol. The summed E-state index contributed by atoms with van der Waals surface area (Å²) < 4.78 is 32.8. The van der Waals surface area contributed by atoms with Crippen molar-refractivity contribution in [2.75, 3.05) is 0 Å². The molecule has 1 aromatic rings. The molecule has 0 radical (unpaired) electrons. The second-order valence-corrected chi connectivity index (χ2v) is 6.25. The maximum atomic E-state index is 10.9. The first-order valence-electron chi connectivity index (χ1n) is 5.65. The second-order valence-electron chi connectivity index (χ2n) is 4.59. The molecule has 0 heterocycles. The van der Waals surface area contributed by atoms with Crippen molar-refractivity contribution in [2.45, 2.75) is 36.5 Å². The van der Waals surface area contributed by atoms with Gasteiger partial charge in [-0.2, -0.15) is 0 Å². The average Bonchev–Trinajstić information content (AvgIpc) is 2.30. The molecule has 18 heavy (non-hydrogen) atoms. The first-order chi connectivity index (χ1) is 7.92. The fourth-order valence-corrected chi connectivity index (χ4v) is 3.11. The zero-order chi connectivity index (χ0) is 12.5. The Morgan fingerprint density at radius 2 is 1.67 bits per heavy atom. The van der Waals surface area contributed by atoms with E-state index in [-0.39, 0.29) is 48.3 Å². The van der Waals surface area contributed by atoms with E-state index in [4.69, 9.17) is 0 Å². The summed E-state index contributed by atoms with van der Waals surface area (Å²) in [5.41, 5.74) is 1.14. The molecule has 2 rings (SSSR count). The van der Waals surface area contributed by atoms with Gasteiger partial charge in [-0.05, 0) is 37.2 Å². The maximum Gasteiger partial charge on any atom is 1.00 e. The summed E-state index contributed by atoms with van der Waals surface area (Å²) in [5, 5.41) is 9.77. The van der Waals surface area contributed by atoms with E-state index in [2.05, 4.69) is 0 Å². The van der Waals surface area contributed by atoms with Crippen LogP contribution in [-0.2, 0) is 10.1 Å². The molecule has 94 valence electrons. The summed E-state index contributed by atoms with van der Waals surface area (Å²) in [6.45, 7) is 0. The SMILES string of the molecule is O=S(=O)([O-])C1(O)CCC(c2ccccc2)CC1.[Na+]. The van der Waals surface area contributed by atoms with Crippen LogP contribution in [0, 0.1) is 0 Å². The van der Waals surface area contributed by atoms with Crippen molar-refractivity contribution in [3.8, 4) is 0 Å². The molecule has 0 amide bonds. The zero-order valence-electron chi connectivity index (χ0n) is 10.4. The van der Waals surface area contributed by atoms with Gasteiger partial charge in [-0.25, -0.2) is 8.42 Å². The summed E-state index contributed by atoms with van der Waals surface area (Å²) >= 11 is 0. The van der Waals surface area contributed by atoms with E-state index in [0.29, 0.717) is 12.8 Å². The van der Waals surface area contributed by atoms with Gasteiger partial charge in [0.1, 0.15) is 10.1 Å². The maximum absolute atomic E-state index is 10.9. The molecule has 6 heteroatoms. The van der Waals surface area contributed by atoms with Crippen molar-refractivity contribution in [1.29, 1.82) is 0 Å². The smallest absolute Gasteiger partial charge is 0.746 e. The zero-order valence-corrected chi connectivity index (χ0v) is 13.2. The molecule has 4 nitrogen and oxygen atoms in total. The topological polar surface area (TPSA) is 77.4 Å². The van der Waals surface area contributed by atoms with Crippen LogP contribution in [0.4, 0.5) is 0 Å². The van der Waals surface area contributed by atoms with Crippen LogP contribution in [-0.4, -0.2) is 23.0 Å². The second kappa shape index (κ2) is 6.03. The van der Waals surface area contributed by atoms with Crippen LogP contribution in [0.15, 0.2) is 30.3 Å². The van der Waals surface area contributed by atoms with Gasteiger partial charge in [0.15, 0.2) is 4.93 Å². The third-order valence-corrected chi connectivity index (χ3v) is 4.84. The molecule has 1 saturated carbocycles. The van der Waals surface area contributed by atoms with Crippen LogP contribution in [0.2, 0.25) is 0 Å². The van der Waals surface area contributed by atoms with Crippen LogP contribution >= 0.6 is 0 Å². The molecule has 0 aromatic heterocycles. The summed E-state index contributed by atoms with van der Waals surface area (Å²) in [6, 6.07) is 9.76. The summed E-state index contributed by atoms with van der Waals surface area (Å²) in [7, 11) is -4.63. The molecule has 0 spiro atoms. The standard InChI is InChI=1S/C12H16O4S.Na/c13-12(17(14,15)16)8-6-11(7-9-12)10-4-2-1-3-5-10;/h1-5,11,13H,6-9H2,(H,14,15,16);/q;+1/p-1. The molecule has 0 saturated heterocycles. The van der Waals surface area contributed by atoms with Gasteiger partial charge in [0.05, 0.1) is 0 Å². The number of aliphatic hydroxyl groups is 1. The van der Waals surface area contributed by atoms with Crippen molar-refractivity contribution >= 4 is 10.1 Å². The Balaban J connectivity index is 0.00000162. The molecule has 1 aromatic carbocycles. The van der Waals surface area contributed by atoms with Gasteiger partial charge >= 0.3 is 29.6 Å². The number of hydrogen-bond donors (Lipinski definition) is 1. The van der Waals surface area contributed by atoms with E-state index in [1.54, 1.807) is 0 Å². The Hall–Kier alpha value is 0.0900. The van der Waals surface area contributed by atoms with Crippen molar-refractivity contribution in [3.05, 3.63) is 35.9 Å². The molecule has 0 aliphatic heterocycles. The predicted octanol–water partition coefficient (Wildman–Crippen LogP) is -1.42. The van der Waals surface area contributed by atoms with Crippen LogP contribution in [0.25, 0.3) is 0 Å². The average molecular weight is 278 g/mol. The molecule has 0 atom stereocenters. The normalized spacial score (nSPS) is 28.4. The van der Waals surface area contributed by atoms with E-state index >= 15 is 0 Å². The van der Waals surface area contributed by atoms with Crippen molar-refractivity contribution < 1.29 is 47.6 Å². The third kappa shape index (κ3) is 3.35.